The van der Waals surface area contributed by atoms with Gasteiger partial charge in [0.25, 0.3) is 15.9 Å². The van der Waals surface area contributed by atoms with Crippen molar-refractivity contribution in [1.29, 1.82) is 0 Å². The maximum atomic E-state index is 13.8. The van der Waals surface area contributed by atoms with E-state index in [1.165, 1.54) is 24.3 Å². The summed E-state index contributed by atoms with van der Waals surface area (Å²) in [7, 11) is -4.28. The van der Waals surface area contributed by atoms with Crippen molar-refractivity contribution in [2.75, 3.05) is 30.3 Å². The number of nitrogens with two attached hydrogens (primary N) is 1. The molecule has 1 amide bonds. The van der Waals surface area contributed by atoms with Crippen LogP contribution in [-0.2, 0) is 10.0 Å². The molecule has 184 valence electrons. The minimum atomic E-state index is -4.28. The molecule has 1 aliphatic heterocycles. The van der Waals surface area contributed by atoms with Gasteiger partial charge in [0, 0.05) is 30.9 Å². The summed E-state index contributed by atoms with van der Waals surface area (Å²) in [4.78, 5) is 27.5. The number of pyridine rings is 3. The van der Waals surface area contributed by atoms with Gasteiger partial charge in [0.05, 0.1) is 17.9 Å². The van der Waals surface area contributed by atoms with Gasteiger partial charge in [-0.2, -0.15) is 8.42 Å². The summed E-state index contributed by atoms with van der Waals surface area (Å²) in [6.45, 7) is 3.01. The first-order chi connectivity index (χ1) is 16.8. The van der Waals surface area contributed by atoms with Crippen molar-refractivity contribution in [1.82, 2.24) is 19.7 Å². The van der Waals surface area contributed by atoms with Crippen molar-refractivity contribution >= 4 is 27.6 Å². The summed E-state index contributed by atoms with van der Waals surface area (Å²) in [6, 6.07) is 10.7. The highest BCUT2D eigenvalue weighted by Gasteiger charge is 2.27. The van der Waals surface area contributed by atoms with Gasteiger partial charge in [0.15, 0.2) is 5.03 Å². The van der Waals surface area contributed by atoms with E-state index in [2.05, 4.69) is 15.0 Å². The Morgan fingerprint density at radius 2 is 1.94 bits per heavy atom. The highest BCUT2D eigenvalue weighted by molar-refractivity contribution is 7.90. The van der Waals surface area contributed by atoms with E-state index in [0.717, 1.165) is 0 Å². The van der Waals surface area contributed by atoms with Crippen LogP contribution in [0.25, 0.3) is 11.3 Å². The topological polar surface area (TPSA) is 140 Å². The lowest BCUT2D eigenvalue weighted by Gasteiger charge is -2.31. The maximum absolute atomic E-state index is 13.8. The minimum absolute atomic E-state index is 0.00471. The Morgan fingerprint density at radius 3 is 2.60 bits per heavy atom. The van der Waals surface area contributed by atoms with Crippen LogP contribution < -0.4 is 20.1 Å². The highest BCUT2D eigenvalue weighted by atomic mass is 32.2. The molecule has 3 aromatic rings. The zero-order valence-corrected chi connectivity index (χ0v) is 19.8. The van der Waals surface area contributed by atoms with Gasteiger partial charge < -0.3 is 15.4 Å². The number of sulfonamides is 1. The predicted octanol–water partition coefficient (Wildman–Crippen LogP) is 2.58. The summed E-state index contributed by atoms with van der Waals surface area (Å²) >= 11 is 0. The maximum Gasteiger partial charge on any atom is 0.281 e. The number of nitrogens with one attached hydrogen (secondary N) is 1. The molecule has 0 aliphatic carbocycles. The zero-order valence-electron chi connectivity index (χ0n) is 19.0. The number of nitrogen functional groups attached to an aromatic ring is 1. The highest BCUT2D eigenvalue weighted by Crippen LogP contribution is 2.28. The first kappa shape index (κ1) is 24.3. The second-order valence-electron chi connectivity index (χ2n) is 7.88. The Kier molecular flexibility index (Phi) is 7.10. The van der Waals surface area contributed by atoms with Gasteiger partial charge in [-0.25, -0.2) is 24.1 Å². The van der Waals surface area contributed by atoms with Gasteiger partial charge in [-0.1, -0.05) is 6.07 Å². The fraction of sp³-hybridized carbons (Fsp3) is 0.304. The van der Waals surface area contributed by atoms with Crippen LogP contribution in [0, 0.1) is 0 Å². The Bertz CT molecular complexity index is 1310. The molecule has 10 nitrogen and oxygen atoms in total. The third kappa shape index (κ3) is 5.65. The van der Waals surface area contributed by atoms with Gasteiger partial charge in [-0.15, -0.1) is 0 Å². The van der Waals surface area contributed by atoms with E-state index < -0.39 is 22.1 Å². The standard InChI is InChI=1S/C23H25FN6O4S/c1-2-34-20-9-6-15(14-26-20)18-8-7-17(22(27-18)30-12-10-16(24)11-13-30)23(31)29-35(32,33)21-5-3-4-19(25)28-21/h3-9,14,16H,2,10-13H2,1H3,(H2,25,28)(H,29,31). The van der Waals surface area contributed by atoms with Crippen molar-refractivity contribution < 1.29 is 22.3 Å². The first-order valence-electron chi connectivity index (χ1n) is 11.1. The molecule has 0 bridgehead atoms. The monoisotopic (exact) mass is 500 g/mol. The molecule has 1 aliphatic rings. The van der Waals surface area contributed by atoms with Crippen molar-refractivity contribution in [3.63, 3.8) is 0 Å². The number of hydrogen-bond donors (Lipinski definition) is 2. The van der Waals surface area contributed by atoms with Crippen LogP contribution in [0.3, 0.4) is 0 Å². The molecular formula is C23H25FN6O4S. The molecule has 35 heavy (non-hydrogen) atoms. The van der Waals surface area contributed by atoms with Crippen LogP contribution in [0.15, 0.2) is 53.7 Å². The number of carbonyl (C=O) groups is 1. The average Bonchev–Trinajstić information content (AvgIpc) is 2.84. The molecule has 1 saturated heterocycles. The lowest BCUT2D eigenvalue weighted by molar-refractivity contribution is 0.0981. The number of amides is 1. The van der Waals surface area contributed by atoms with Gasteiger partial charge in [-0.05, 0) is 50.1 Å². The smallest absolute Gasteiger partial charge is 0.281 e. The number of carbonyl (C=O) groups excluding carboxylic acids is 1. The molecule has 4 heterocycles. The van der Waals surface area contributed by atoms with Crippen LogP contribution in [0.2, 0.25) is 0 Å². The molecular weight excluding hydrogens is 475 g/mol. The number of ether oxygens (including phenoxy) is 1. The van der Waals surface area contributed by atoms with E-state index in [4.69, 9.17) is 10.5 Å². The SMILES string of the molecule is CCOc1ccc(-c2ccc(C(=O)NS(=O)(=O)c3cccc(N)n3)c(N3CCC(F)CC3)n2)cn1. The minimum Gasteiger partial charge on any atom is -0.478 e. The Hall–Kier alpha value is -3.80. The molecule has 0 unspecified atom stereocenters. The van der Waals surface area contributed by atoms with E-state index in [1.807, 2.05) is 11.6 Å². The second-order valence-corrected chi connectivity index (χ2v) is 9.51. The molecule has 0 spiro atoms. The molecule has 0 atom stereocenters. The molecule has 0 aromatic carbocycles. The predicted molar refractivity (Wildman–Crippen MR) is 128 cm³/mol. The Balaban J connectivity index is 1.68. The summed E-state index contributed by atoms with van der Waals surface area (Å²) in [5.41, 5.74) is 6.82. The van der Waals surface area contributed by atoms with E-state index in [-0.39, 0.29) is 35.1 Å². The van der Waals surface area contributed by atoms with Crippen LogP contribution in [0.4, 0.5) is 16.0 Å². The van der Waals surface area contributed by atoms with Gasteiger partial charge in [0.2, 0.25) is 5.88 Å². The number of aromatic nitrogens is 3. The van der Waals surface area contributed by atoms with E-state index >= 15 is 0 Å². The van der Waals surface area contributed by atoms with E-state index in [9.17, 15) is 17.6 Å². The van der Waals surface area contributed by atoms with Crippen LogP contribution in [0.1, 0.15) is 30.1 Å². The van der Waals surface area contributed by atoms with Crippen LogP contribution in [0.5, 0.6) is 5.88 Å². The second kappa shape index (κ2) is 10.2. The largest absolute Gasteiger partial charge is 0.478 e. The fourth-order valence-electron chi connectivity index (χ4n) is 3.66. The third-order valence-electron chi connectivity index (χ3n) is 5.42. The Labute approximate surface area is 202 Å². The van der Waals surface area contributed by atoms with Crippen molar-refractivity contribution in [3.05, 3.63) is 54.2 Å². The van der Waals surface area contributed by atoms with Crippen LogP contribution in [-0.4, -0.2) is 55.1 Å². The molecule has 12 heteroatoms. The molecule has 4 rings (SSSR count). The molecule has 1 fully saturated rings. The van der Waals surface area contributed by atoms with Gasteiger partial charge >= 0.3 is 0 Å². The third-order valence-corrected chi connectivity index (χ3v) is 6.65. The van der Waals surface area contributed by atoms with E-state index in [0.29, 0.717) is 36.8 Å². The lowest BCUT2D eigenvalue weighted by atomic mass is 10.1. The van der Waals surface area contributed by atoms with Crippen molar-refractivity contribution in [2.45, 2.75) is 31.0 Å². The van der Waals surface area contributed by atoms with Gasteiger partial charge in [-0.3, -0.25) is 4.79 Å². The summed E-state index contributed by atoms with van der Waals surface area (Å²) in [5.74, 6) is -0.144. The molecule has 3 N–H and O–H groups in total. The molecule has 0 radical (unpaired) electrons. The number of anilines is 2. The number of halogens is 1. The number of hydrogen-bond acceptors (Lipinski definition) is 9. The number of nitrogens with zero attached hydrogens (tertiary/aromatic N) is 4. The van der Waals surface area contributed by atoms with Gasteiger partial charge in [0.1, 0.15) is 17.8 Å². The zero-order chi connectivity index (χ0) is 25.0. The first-order valence-corrected chi connectivity index (χ1v) is 12.5. The van der Waals surface area contributed by atoms with Crippen molar-refractivity contribution in [3.8, 4) is 17.1 Å². The average molecular weight is 501 g/mol. The number of alkyl halides is 1. The number of rotatable bonds is 7. The Morgan fingerprint density at radius 1 is 1.17 bits per heavy atom. The lowest BCUT2D eigenvalue weighted by Crippen LogP contribution is -2.38. The summed E-state index contributed by atoms with van der Waals surface area (Å²) in [5, 5.41) is -0.379. The van der Waals surface area contributed by atoms with Crippen molar-refractivity contribution in [2.24, 2.45) is 0 Å². The molecule has 3 aromatic heterocycles. The fourth-order valence-corrected chi connectivity index (χ4v) is 4.60. The quantitative estimate of drug-likeness (QED) is 0.501. The number of piperidine rings is 1. The summed E-state index contributed by atoms with van der Waals surface area (Å²) in [6.07, 6.45) is 1.23. The summed E-state index contributed by atoms with van der Waals surface area (Å²) < 4.78 is 46.6. The van der Waals surface area contributed by atoms with Crippen LogP contribution >= 0.6 is 0 Å². The normalized spacial score (nSPS) is 14.5. The van der Waals surface area contributed by atoms with E-state index in [1.54, 1.807) is 29.3 Å². The molecule has 0 saturated carbocycles.